The highest BCUT2D eigenvalue weighted by Crippen LogP contribution is 2.31. The number of carbonyl (C=O) groups is 1. The third kappa shape index (κ3) is 3.90. The van der Waals surface area contributed by atoms with Gasteiger partial charge in [-0.2, -0.15) is 0 Å². The van der Waals surface area contributed by atoms with E-state index in [-0.39, 0.29) is 0 Å². The summed E-state index contributed by atoms with van der Waals surface area (Å²) in [5, 5.41) is 8.63. The molecule has 0 aliphatic carbocycles. The zero-order valence-electron chi connectivity index (χ0n) is 10.9. The molecule has 0 saturated heterocycles. The van der Waals surface area contributed by atoms with Crippen molar-refractivity contribution in [3.05, 3.63) is 60.2 Å². The van der Waals surface area contributed by atoms with Crippen LogP contribution >= 0.6 is 11.8 Å². The van der Waals surface area contributed by atoms with Gasteiger partial charge in [0.15, 0.2) is 0 Å². The predicted molar refractivity (Wildman–Crippen MR) is 81.4 cm³/mol. The molecule has 4 heteroatoms. The smallest absolute Gasteiger partial charge is 0.328 e. The van der Waals surface area contributed by atoms with Gasteiger partial charge >= 0.3 is 5.97 Å². The van der Waals surface area contributed by atoms with Crippen molar-refractivity contribution in [2.24, 2.45) is 0 Å². The van der Waals surface area contributed by atoms with Crippen molar-refractivity contribution in [2.45, 2.75) is 4.90 Å². The Balaban J connectivity index is 2.21. The molecule has 2 aromatic rings. The van der Waals surface area contributed by atoms with E-state index in [1.54, 1.807) is 17.8 Å². The van der Waals surface area contributed by atoms with Crippen molar-refractivity contribution in [3.8, 4) is 11.5 Å². The van der Waals surface area contributed by atoms with Crippen molar-refractivity contribution < 1.29 is 14.6 Å². The van der Waals surface area contributed by atoms with Crippen LogP contribution in [0.25, 0.3) is 6.08 Å². The zero-order chi connectivity index (χ0) is 14.4. The summed E-state index contributed by atoms with van der Waals surface area (Å²) in [6.45, 7) is 0. The summed E-state index contributed by atoms with van der Waals surface area (Å²) in [7, 11) is 0. The minimum atomic E-state index is -0.968. The van der Waals surface area contributed by atoms with Crippen molar-refractivity contribution >= 4 is 23.8 Å². The summed E-state index contributed by atoms with van der Waals surface area (Å²) >= 11 is 1.62. The fourth-order valence-electron chi connectivity index (χ4n) is 1.68. The number of hydrogen-bond donors (Lipinski definition) is 1. The van der Waals surface area contributed by atoms with Crippen LogP contribution in [0.4, 0.5) is 0 Å². The van der Waals surface area contributed by atoms with Crippen LogP contribution in [-0.2, 0) is 4.79 Å². The average molecular weight is 286 g/mol. The first-order chi connectivity index (χ1) is 9.69. The molecule has 0 radical (unpaired) electrons. The molecule has 0 saturated carbocycles. The molecule has 2 aromatic carbocycles. The number of hydrogen-bond acceptors (Lipinski definition) is 3. The molecule has 2 rings (SSSR count). The quantitative estimate of drug-likeness (QED) is 0.657. The van der Waals surface area contributed by atoms with E-state index < -0.39 is 5.97 Å². The Labute approximate surface area is 121 Å². The Bertz CT molecular complexity index is 635. The second-order valence-corrected chi connectivity index (χ2v) is 4.85. The van der Waals surface area contributed by atoms with Gasteiger partial charge in [0.1, 0.15) is 11.5 Å². The number of benzene rings is 2. The standard InChI is InChI=1S/C16H14O3S/c1-20-15-8-3-2-7-14(15)19-13-6-4-5-12(11-13)9-10-16(17)18/h2-11H,1H3,(H,17,18). The van der Waals surface area contributed by atoms with Crippen molar-refractivity contribution in [1.29, 1.82) is 0 Å². The van der Waals surface area contributed by atoms with E-state index in [0.29, 0.717) is 5.75 Å². The lowest BCUT2D eigenvalue weighted by atomic mass is 10.2. The lowest BCUT2D eigenvalue weighted by molar-refractivity contribution is -0.131. The molecule has 0 bridgehead atoms. The molecule has 0 aliphatic rings. The third-order valence-electron chi connectivity index (χ3n) is 2.57. The van der Waals surface area contributed by atoms with Crippen LogP contribution in [0.5, 0.6) is 11.5 Å². The normalized spacial score (nSPS) is 10.7. The van der Waals surface area contributed by atoms with Gasteiger partial charge < -0.3 is 9.84 Å². The van der Waals surface area contributed by atoms with Gasteiger partial charge in [0.25, 0.3) is 0 Å². The Hall–Kier alpha value is -2.20. The molecule has 0 aliphatic heterocycles. The van der Waals surface area contributed by atoms with Gasteiger partial charge in [-0.15, -0.1) is 11.8 Å². The molecular formula is C16H14O3S. The van der Waals surface area contributed by atoms with Crippen LogP contribution in [0.3, 0.4) is 0 Å². The van der Waals surface area contributed by atoms with Crippen LogP contribution < -0.4 is 4.74 Å². The summed E-state index contributed by atoms with van der Waals surface area (Å²) in [6, 6.07) is 15.1. The number of para-hydroxylation sites is 1. The molecule has 0 heterocycles. The number of rotatable bonds is 5. The van der Waals surface area contributed by atoms with E-state index in [0.717, 1.165) is 22.3 Å². The summed E-state index contributed by atoms with van der Waals surface area (Å²) in [6.07, 6.45) is 4.64. The minimum Gasteiger partial charge on any atom is -0.478 e. The molecule has 3 nitrogen and oxygen atoms in total. The van der Waals surface area contributed by atoms with E-state index >= 15 is 0 Å². The monoisotopic (exact) mass is 286 g/mol. The van der Waals surface area contributed by atoms with Gasteiger partial charge in [-0.1, -0.05) is 24.3 Å². The molecular weight excluding hydrogens is 272 g/mol. The minimum absolute atomic E-state index is 0.680. The highest BCUT2D eigenvalue weighted by molar-refractivity contribution is 7.98. The molecule has 0 fully saturated rings. The number of ether oxygens (including phenoxy) is 1. The van der Waals surface area contributed by atoms with Crippen LogP contribution in [0.15, 0.2) is 59.5 Å². The van der Waals surface area contributed by atoms with E-state index in [4.69, 9.17) is 9.84 Å². The lowest BCUT2D eigenvalue weighted by Crippen LogP contribution is -1.88. The van der Waals surface area contributed by atoms with Crippen LogP contribution in [-0.4, -0.2) is 17.3 Å². The van der Waals surface area contributed by atoms with E-state index in [9.17, 15) is 4.79 Å². The van der Waals surface area contributed by atoms with E-state index in [1.807, 2.05) is 48.7 Å². The summed E-state index contributed by atoms with van der Waals surface area (Å²) in [5.41, 5.74) is 0.784. The second kappa shape index (κ2) is 6.82. The zero-order valence-corrected chi connectivity index (χ0v) is 11.8. The fourth-order valence-corrected chi connectivity index (χ4v) is 2.20. The molecule has 0 amide bonds. The molecule has 0 atom stereocenters. The predicted octanol–water partition coefficient (Wildman–Crippen LogP) is 4.30. The maximum atomic E-state index is 10.5. The molecule has 0 aromatic heterocycles. The third-order valence-corrected chi connectivity index (χ3v) is 3.35. The van der Waals surface area contributed by atoms with Gasteiger partial charge in [-0.25, -0.2) is 4.79 Å². The molecule has 0 unspecified atom stereocenters. The van der Waals surface area contributed by atoms with Gasteiger partial charge in [-0.05, 0) is 42.2 Å². The highest BCUT2D eigenvalue weighted by Gasteiger charge is 2.03. The first-order valence-electron chi connectivity index (χ1n) is 6.01. The average Bonchev–Trinajstić information content (AvgIpc) is 2.46. The molecule has 1 N–H and O–H groups in total. The number of aliphatic carboxylic acids is 1. The van der Waals surface area contributed by atoms with Crippen LogP contribution in [0.2, 0.25) is 0 Å². The van der Waals surface area contributed by atoms with Gasteiger partial charge in [0.2, 0.25) is 0 Å². The van der Waals surface area contributed by atoms with Crippen molar-refractivity contribution in [2.75, 3.05) is 6.26 Å². The first-order valence-corrected chi connectivity index (χ1v) is 7.23. The molecule has 0 spiro atoms. The van der Waals surface area contributed by atoms with Crippen molar-refractivity contribution in [1.82, 2.24) is 0 Å². The fraction of sp³-hybridized carbons (Fsp3) is 0.0625. The van der Waals surface area contributed by atoms with E-state index in [2.05, 4.69) is 0 Å². The largest absolute Gasteiger partial charge is 0.478 e. The Morgan fingerprint density at radius 1 is 1.20 bits per heavy atom. The summed E-state index contributed by atoms with van der Waals surface area (Å²) in [5.74, 6) is 0.502. The van der Waals surface area contributed by atoms with Crippen molar-refractivity contribution in [3.63, 3.8) is 0 Å². The van der Waals surface area contributed by atoms with Gasteiger partial charge in [0, 0.05) is 11.0 Å². The molecule has 102 valence electrons. The first kappa shape index (κ1) is 14.2. The highest BCUT2D eigenvalue weighted by atomic mass is 32.2. The SMILES string of the molecule is CSc1ccccc1Oc1cccc(C=CC(=O)O)c1. The van der Waals surface area contributed by atoms with Crippen LogP contribution in [0.1, 0.15) is 5.56 Å². The summed E-state index contributed by atoms with van der Waals surface area (Å²) < 4.78 is 5.85. The molecule has 20 heavy (non-hydrogen) atoms. The topological polar surface area (TPSA) is 46.5 Å². The maximum absolute atomic E-state index is 10.5. The number of carboxylic acid groups (broad SMARTS) is 1. The Morgan fingerprint density at radius 3 is 2.75 bits per heavy atom. The Morgan fingerprint density at radius 2 is 2.00 bits per heavy atom. The summed E-state index contributed by atoms with van der Waals surface area (Å²) in [4.78, 5) is 11.6. The number of carboxylic acids is 1. The van der Waals surface area contributed by atoms with E-state index in [1.165, 1.54) is 6.08 Å². The van der Waals surface area contributed by atoms with Crippen LogP contribution in [0, 0.1) is 0 Å². The number of thioether (sulfide) groups is 1. The maximum Gasteiger partial charge on any atom is 0.328 e. The lowest BCUT2D eigenvalue weighted by Gasteiger charge is -2.09. The second-order valence-electron chi connectivity index (χ2n) is 4.00. The van der Waals surface area contributed by atoms with Gasteiger partial charge in [-0.3, -0.25) is 0 Å². The Kier molecular flexibility index (Phi) is 4.85. The van der Waals surface area contributed by atoms with Gasteiger partial charge in [0.05, 0.1) is 0 Å².